The molecular weight excluding hydrogens is 162 g/mol. The fourth-order valence-corrected chi connectivity index (χ4v) is 2.11. The molecule has 2 N–H and O–H groups in total. The molecular formula is C10H17N3. The van der Waals surface area contributed by atoms with E-state index in [4.69, 9.17) is 5.73 Å². The molecule has 0 saturated heterocycles. The summed E-state index contributed by atoms with van der Waals surface area (Å²) in [4.78, 5) is 0. The summed E-state index contributed by atoms with van der Waals surface area (Å²) in [6.07, 6.45) is 8.99. The molecule has 0 unspecified atom stereocenters. The number of hydrogen-bond donors (Lipinski definition) is 1. The van der Waals surface area contributed by atoms with Crippen molar-refractivity contribution in [3.05, 3.63) is 12.4 Å². The quantitative estimate of drug-likeness (QED) is 0.771. The normalized spacial score (nSPS) is 19.8. The summed E-state index contributed by atoms with van der Waals surface area (Å²) < 4.78 is 1.98. The van der Waals surface area contributed by atoms with Gasteiger partial charge in [0.2, 0.25) is 0 Å². The predicted octanol–water partition coefficient (Wildman–Crippen LogP) is 2.05. The predicted molar refractivity (Wildman–Crippen MR) is 53.2 cm³/mol. The van der Waals surface area contributed by atoms with Crippen LogP contribution in [-0.2, 0) is 6.54 Å². The first-order chi connectivity index (χ1) is 6.24. The van der Waals surface area contributed by atoms with Gasteiger partial charge in [0.15, 0.2) is 0 Å². The lowest BCUT2D eigenvalue weighted by atomic mass is 9.67. The summed E-state index contributed by atoms with van der Waals surface area (Å²) in [6, 6.07) is 0. The van der Waals surface area contributed by atoms with E-state index >= 15 is 0 Å². The fourth-order valence-electron chi connectivity index (χ4n) is 2.11. The van der Waals surface area contributed by atoms with E-state index < -0.39 is 0 Å². The Balaban J connectivity index is 2.04. The topological polar surface area (TPSA) is 43.8 Å². The van der Waals surface area contributed by atoms with Crippen molar-refractivity contribution in [1.82, 2.24) is 9.78 Å². The van der Waals surface area contributed by atoms with Gasteiger partial charge in [-0.1, -0.05) is 13.3 Å². The lowest BCUT2D eigenvalue weighted by Crippen LogP contribution is -2.33. The van der Waals surface area contributed by atoms with Crippen LogP contribution in [0.2, 0.25) is 0 Å². The van der Waals surface area contributed by atoms with Crippen LogP contribution < -0.4 is 5.73 Å². The fraction of sp³-hybridized carbons (Fsp3) is 0.700. The molecule has 0 spiro atoms. The average Bonchev–Trinajstić information content (AvgIpc) is 2.44. The third-order valence-electron chi connectivity index (χ3n) is 3.31. The van der Waals surface area contributed by atoms with Gasteiger partial charge < -0.3 is 5.73 Å². The second-order valence-corrected chi connectivity index (χ2v) is 4.18. The van der Waals surface area contributed by atoms with Crippen molar-refractivity contribution in [3.8, 4) is 0 Å². The van der Waals surface area contributed by atoms with Crippen molar-refractivity contribution >= 4 is 5.69 Å². The molecule has 0 radical (unpaired) electrons. The van der Waals surface area contributed by atoms with E-state index in [1.54, 1.807) is 6.20 Å². The highest BCUT2D eigenvalue weighted by atomic mass is 15.3. The van der Waals surface area contributed by atoms with E-state index in [0.717, 1.165) is 12.2 Å². The van der Waals surface area contributed by atoms with Gasteiger partial charge in [-0.25, -0.2) is 0 Å². The number of hydrogen-bond acceptors (Lipinski definition) is 2. The van der Waals surface area contributed by atoms with E-state index in [0.29, 0.717) is 5.41 Å². The molecule has 1 fully saturated rings. The molecule has 0 bridgehead atoms. The summed E-state index contributed by atoms with van der Waals surface area (Å²) >= 11 is 0. The first kappa shape index (κ1) is 8.60. The maximum atomic E-state index is 5.62. The maximum Gasteiger partial charge on any atom is 0.0719 e. The Labute approximate surface area is 78.9 Å². The van der Waals surface area contributed by atoms with Gasteiger partial charge >= 0.3 is 0 Å². The summed E-state index contributed by atoms with van der Waals surface area (Å²) in [6.45, 7) is 3.31. The van der Waals surface area contributed by atoms with Gasteiger partial charge in [-0.15, -0.1) is 0 Å². The maximum absolute atomic E-state index is 5.62. The smallest absolute Gasteiger partial charge is 0.0719 e. The van der Waals surface area contributed by atoms with Gasteiger partial charge in [0.05, 0.1) is 11.9 Å². The van der Waals surface area contributed by atoms with E-state index in [-0.39, 0.29) is 0 Å². The summed E-state index contributed by atoms with van der Waals surface area (Å²) in [5.41, 5.74) is 6.91. The Morgan fingerprint density at radius 3 is 2.77 bits per heavy atom. The van der Waals surface area contributed by atoms with Gasteiger partial charge in [0.25, 0.3) is 0 Å². The van der Waals surface area contributed by atoms with Crippen LogP contribution in [0.1, 0.15) is 32.6 Å². The minimum Gasteiger partial charge on any atom is -0.396 e. The minimum absolute atomic E-state index is 0.526. The molecule has 1 aliphatic rings. The minimum atomic E-state index is 0.526. The molecule has 1 aliphatic carbocycles. The zero-order valence-electron chi connectivity index (χ0n) is 8.16. The van der Waals surface area contributed by atoms with Crippen LogP contribution >= 0.6 is 0 Å². The molecule has 1 saturated carbocycles. The van der Waals surface area contributed by atoms with Gasteiger partial charge in [0.1, 0.15) is 0 Å². The molecule has 1 aromatic heterocycles. The molecule has 13 heavy (non-hydrogen) atoms. The molecule has 3 heteroatoms. The average molecular weight is 179 g/mol. The Bertz CT molecular complexity index is 281. The zero-order valence-corrected chi connectivity index (χ0v) is 8.16. The Morgan fingerprint density at radius 2 is 2.38 bits per heavy atom. The standard InChI is InChI=1S/C10H17N3/c1-2-10(4-3-5-10)8-13-7-9(11)6-12-13/h6-7H,2-5,8,11H2,1H3. The van der Waals surface area contributed by atoms with Crippen LogP contribution in [0.3, 0.4) is 0 Å². The Kier molecular flexibility index (Phi) is 2.02. The lowest BCUT2D eigenvalue weighted by molar-refractivity contribution is 0.0950. The highest BCUT2D eigenvalue weighted by Gasteiger charge is 2.35. The number of nitrogens with two attached hydrogens (primary N) is 1. The summed E-state index contributed by atoms with van der Waals surface area (Å²) in [5, 5.41) is 4.22. The van der Waals surface area contributed by atoms with E-state index in [1.165, 1.54) is 25.7 Å². The molecule has 0 amide bonds. The van der Waals surface area contributed by atoms with Gasteiger partial charge in [-0.2, -0.15) is 5.10 Å². The van der Waals surface area contributed by atoms with Crippen LogP contribution in [0.5, 0.6) is 0 Å². The van der Waals surface area contributed by atoms with Crippen LogP contribution in [0.15, 0.2) is 12.4 Å². The van der Waals surface area contributed by atoms with Crippen LogP contribution in [0.4, 0.5) is 5.69 Å². The highest BCUT2D eigenvalue weighted by molar-refractivity contribution is 5.30. The molecule has 3 nitrogen and oxygen atoms in total. The molecule has 0 atom stereocenters. The molecule has 72 valence electrons. The van der Waals surface area contributed by atoms with Crippen molar-refractivity contribution in [2.75, 3.05) is 5.73 Å². The van der Waals surface area contributed by atoms with Crippen molar-refractivity contribution in [1.29, 1.82) is 0 Å². The molecule has 2 rings (SSSR count). The first-order valence-electron chi connectivity index (χ1n) is 5.02. The van der Waals surface area contributed by atoms with Crippen LogP contribution in [0.25, 0.3) is 0 Å². The molecule has 1 heterocycles. The van der Waals surface area contributed by atoms with Crippen molar-refractivity contribution in [2.24, 2.45) is 5.41 Å². The molecule has 1 aromatic rings. The number of nitrogen functional groups attached to an aromatic ring is 1. The van der Waals surface area contributed by atoms with Gasteiger partial charge in [-0.05, 0) is 24.7 Å². The Hall–Kier alpha value is -0.990. The second-order valence-electron chi connectivity index (χ2n) is 4.18. The van der Waals surface area contributed by atoms with E-state index in [1.807, 2.05) is 10.9 Å². The highest BCUT2D eigenvalue weighted by Crippen LogP contribution is 2.44. The SMILES string of the molecule is CCC1(Cn2cc(N)cn2)CCC1. The van der Waals surface area contributed by atoms with E-state index in [9.17, 15) is 0 Å². The number of anilines is 1. The summed E-state index contributed by atoms with van der Waals surface area (Å²) in [7, 11) is 0. The second kappa shape index (κ2) is 3.05. The van der Waals surface area contributed by atoms with Crippen molar-refractivity contribution in [2.45, 2.75) is 39.2 Å². The van der Waals surface area contributed by atoms with Crippen LogP contribution in [-0.4, -0.2) is 9.78 Å². The summed E-state index contributed by atoms with van der Waals surface area (Å²) in [5.74, 6) is 0. The van der Waals surface area contributed by atoms with E-state index in [2.05, 4.69) is 12.0 Å². The largest absolute Gasteiger partial charge is 0.396 e. The molecule has 0 aromatic carbocycles. The lowest BCUT2D eigenvalue weighted by Gasteiger charge is -2.41. The third-order valence-corrected chi connectivity index (χ3v) is 3.31. The monoisotopic (exact) mass is 179 g/mol. The van der Waals surface area contributed by atoms with Crippen LogP contribution in [0, 0.1) is 5.41 Å². The van der Waals surface area contributed by atoms with Crippen molar-refractivity contribution < 1.29 is 0 Å². The Morgan fingerprint density at radius 1 is 1.62 bits per heavy atom. The third kappa shape index (κ3) is 1.55. The van der Waals surface area contributed by atoms with Gasteiger partial charge in [0, 0.05) is 12.7 Å². The van der Waals surface area contributed by atoms with Gasteiger partial charge in [-0.3, -0.25) is 4.68 Å². The van der Waals surface area contributed by atoms with Crippen molar-refractivity contribution in [3.63, 3.8) is 0 Å². The number of aromatic nitrogens is 2. The first-order valence-corrected chi connectivity index (χ1v) is 5.02. The molecule has 0 aliphatic heterocycles. The number of rotatable bonds is 3. The zero-order chi connectivity index (χ0) is 9.31. The number of nitrogens with zero attached hydrogens (tertiary/aromatic N) is 2.